The molecule has 1 unspecified atom stereocenters. The quantitative estimate of drug-likeness (QED) is 0.721. The largest absolute Gasteiger partial charge is 0.353 e. The van der Waals surface area contributed by atoms with Crippen molar-refractivity contribution in [2.45, 2.75) is 39.2 Å². The first-order chi connectivity index (χ1) is 13.1. The normalized spacial score (nSPS) is 12.5. The smallest absolute Gasteiger partial charge is 0.253 e. The lowest BCUT2D eigenvalue weighted by Gasteiger charge is -2.28. The van der Waals surface area contributed by atoms with E-state index in [0.717, 1.165) is 0 Å². The molecule has 0 fully saturated rings. The first kappa shape index (κ1) is 21.9. The van der Waals surface area contributed by atoms with Crippen LogP contribution in [0.5, 0.6) is 0 Å². The molecule has 2 aromatic carbocycles. The maximum atomic E-state index is 14.1. The molecule has 0 spiro atoms. The number of carbonyl (C=O) groups is 2. The van der Waals surface area contributed by atoms with Crippen molar-refractivity contribution in [3.63, 3.8) is 0 Å². The van der Waals surface area contributed by atoms with E-state index in [2.05, 4.69) is 10.6 Å². The molecule has 0 heterocycles. The third-order valence-electron chi connectivity index (χ3n) is 4.66. The van der Waals surface area contributed by atoms with E-state index in [1.165, 1.54) is 6.07 Å². The van der Waals surface area contributed by atoms with Gasteiger partial charge in [0, 0.05) is 12.0 Å². The Kier molecular flexibility index (Phi) is 7.19. The second-order valence-electron chi connectivity index (χ2n) is 7.76. The minimum atomic E-state index is -0.736. The van der Waals surface area contributed by atoms with Crippen LogP contribution in [0, 0.1) is 11.7 Å². The van der Waals surface area contributed by atoms with Crippen LogP contribution in [0.3, 0.4) is 0 Å². The lowest BCUT2D eigenvalue weighted by Crippen LogP contribution is -2.51. The van der Waals surface area contributed by atoms with E-state index < -0.39 is 17.4 Å². The molecule has 2 aromatic rings. The maximum absolute atomic E-state index is 14.1. The minimum Gasteiger partial charge on any atom is -0.353 e. The van der Waals surface area contributed by atoms with Gasteiger partial charge in [0.2, 0.25) is 5.91 Å². The van der Waals surface area contributed by atoms with Gasteiger partial charge in [-0.2, -0.15) is 0 Å². The van der Waals surface area contributed by atoms with E-state index in [-0.39, 0.29) is 24.2 Å². The highest BCUT2D eigenvalue weighted by Crippen LogP contribution is 2.25. The number of halogens is 2. The van der Waals surface area contributed by atoms with Gasteiger partial charge in [-0.1, -0.05) is 69.6 Å². The van der Waals surface area contributed by atoms with Gasteiger partial charge < -0.3 is 10.6 Å². The number of rotatable bonds is 7. The van der Waals surface area contributed by atoms with Crippen LogP contribution in [-0.4, -0.2) is 24.4 Å². The Balaban J connectivity index is 2.08. The fraction of sp³-hybridized carbons (Fsp3) is 0.364. The molecule has 0 aromatic heterocycles. The van der Waals surface area contributed by atoms with Crippen molar-refractivity contribution in [3.8, 4) is 0 Å². The summed E-state index contributed by atoms with van der Waals surface area (Å²) in [5.74, 6) is -1.18. The first-order valence-corrected chi connectivity index (χ1v) is 9.59. The highest BCUT2D eigenvalue weighted by Gasteiger charge is 2.29. The number of hydrogen-bond donors (Lipinski definition) is 2. The van der Waals surface area contributed by atoms with E-state index in [1.807, 2.05) is 27.7 Å². The van der Waals surface area contributed by atoms with E-state index in [4.69, 9.17) is 11.6 Å². The monoisotopic (exact) mass is 404 g/mol. The fourth-order valence-electron chi connectivity index (χ4n) is 2.92. The Morgan fingerprint density at radius 1 is 1.07 bits per heavy atom. The molecule has 2 rings (SSSR count). The zero-order valence-corrected chi connectivity index (χ0v) is 17.3. The Morgan fingerprint density at radius 3 is 2.29 bits per heavy atom. The Hall–Kier alpha value is -2.40. The van der Waals surface area contributed by atoms with Crippen molar-refractivity contribution in [1.82, 2.24) is 10.6 Å². The van der Waals surface area contributed by atoms with Crippen LogP contribution in [0.2, 0.25) is 5.02 Å². The highest BCUT2D eigenvalue weighted by molar-refractivity contribution is 6.33. The lowest BCUT2D eigenvalue weighted by atomic mass is 9.84. The number of hydrogen-bond acceptors (Lipinski definition) is 2. The molecule has 0 aliphatic rings. The van der Waals surface area contributed by atoms with Crippen molar-refractivity contribution in [2.75, 3.05) is 6.54 Å². The van der Waals surface area contributed by atoms with Gasteiger partial charge in [-0.3, -0.25) is 9.59 Å². The molecular weight excluding hydrogens is 379 g/mol. The van der Waals surface area contributed by atoms with Crippen LogP contribution in [-0.2, 0) is 10.2 Å². The standard InChI is InChI=1S/C22H26ClFN2O2/c1-14(2)19(26-20(27)15-9-5-7-11-17(15)23)21(28)25-13-22(3,4)16-10-6-8-12-18(16)24/h5-12,14,19H,13H2,1-4H3,(H,25,28)(H,26,27). The van der Waals surface area contributed by atoms with Crippen LogP contribution < -0.4 is 10.6 Å². The summed E-state index contributed by atoms with van der Waals surface area (Å²) in [6.07, 6.45) is 0. The predicted molar refractivity (Wildman–Crippen MR) is 110 cm³/mol. The van der Waals surface area contributed by atoms with Gasteiger partial charge in [-0.05, 0) is 29.7 Å². The summed E-state index contributed by atoms with van der Waals surface area (Å²) in [6.45, 7) is 7.65. The van der Waals surface area contributed by atoms with Gasteiger partial charge in [0.15, 0.2) is 0 Å². The number of benzene rings is 2. The van der Waals surface area contributed by atoms with Crippen LogP contribution >= 0.6 is 11.6 Å². The number of nitrogens with one attached hydrogen (secondary N) is 2. The van der Waals surface area contributed by atoms with Gasteiger partial charge in [-0.15, -0.1) is 0 Å². The summed E-state index contributed by atoms with van der Waals surface area (Å²) >= 11 is 6.07. The molecule has 28 heavy (non-hydrogen) atoms. The lowest BCUT2D eigenvalue weighted by molar-refractivity contribution is -0.124. The van der Waals surface area contributed by atoms with Crippen LogP contribution in [0.4, 0.5) is 4.39 Å². The minimum absolute atomic E-state index is 0.136. The summed E-state index contributed by atoms with van der Waals surface area (Å²) in [5.41, 5.74) is 0.237. The number of carbonyl (C=O) groups excluding carboxylic acids is 2. The van der Waals surface area contributed by atoms with Crippen LogP contribution in [0.15, 0.2) is 48.5 Å². The third kappa shape index (κ3) is 5.32. The molecule has 0 saturated heterocycles. The molecular formula is C22H26ClFN2O2. The maximum Gasteiger partial charge on any atom is 0.253 e. The zero-order valence-electron chi connectivity index (χ0n) is 16.6. The summed E-state index contributed by atoms with van der Waals surface area (Å²) < 4.78 is 14.1. The van der Waals surface area contributed by atoms with Crippen molar-refractivity contribution in [1.29, 1.82) is 0 Å². The molecule has 1 atom stereocenters. The second-order valence-corrected chi connectivity index (χ2v) is 8.16. The van der Waals surface area contributed by atoms with E-state index in [9.17, 15) is 14.0 Å². The van der Waals surface area contributed by atoms with E-state index >= 15 is 0 Å². The molecule has 2 amide bonds. The van der Waals surface area contributed by atoms with Crippen molar-refractivity contribution in [3.05, 3.63) is 70.5 Å². The molecule has 150 valence electrons. The van der Waals surface area contributed by atoms with Crippen LogP contribution in [0.1, 0.15) is 43.6 Å². The van der Waals surface area contributed by atoms with Crippen molar-refractivity contribution < 1.29 is 14.0 Å². The van der Waals surface area contributed by atoms with Gasteiger partial charge in [0.05, 0.1) is 10.6 Å². The molecule has 2 N–H and O–H groups in total. The average Bonchev–Trinajstić information content (AvgIpc) is 2.64. The van der Waals surface area contributed by atoms with Crippen molar-refractivity contribution >= 4 is 23.4 Å². The SMILES string of the molecule is CC(C)C(NC(=O)c1ccccc1Cl)C(=O)NCC(C)(C)c1ccccc1F. The summed E-state index contributed by atoms with van der Waals surface area (Å²) in [5, 5.41) is 5.92. The topological polar surface area (TPSA) is 58.2 Å². The third-order valence-corrected chi connectivity index (χ3v) is 4.99. The van der Waals surface area contributed by atoms with E-state index in [0.29, 0.717) is 16.1 Å². The zero-order chi connectivity index (χ0) is 20.9. The summed E-state index contributed by atoms with van der Waals surface area (Å²) in [6, 6.07) is 12.4. The molecule has 0 bridgehead atoms. The summed E-state index contributed by atoms with van der Waals surface area (Å²) in [4.78, 5) is 25.3. The molecule has 0 radical (unpaired) electrons. The average molecular weight is 405 g/mol. The molecule has 0 aliphatic carbocycles. The molecule has 4 nitrogen and oxygen atoms in total. The number of amides is 2. The summed E-state index contributed by atoms with van der Waals surface area (Å²) in [7, 11) is 0. The van der Waals surface area contributed by atoms with Gasteiger partial charge in [0.25, 0.3) is 5.91 Å². The molecule has 6 heteroatoms. The molecule has 0 saturated carbocycles. The fourth-order valence-corrected chi connectivity index (χ4v) is 3.14. The van der Waals surface area contributed by atoms with Crippen molar-refractivity contribution in [2.24, 2.45) is 5.92 Å². The Morgan fingerprint density at radius 2 is 1.68 bits per heavy atom. The Labute approximate surface area is 170 Å². The highest BCUT2D eigenvalue weighted by atomic mass is 35.5. The Bertz CT molecular complexity index is 852. The van der Waals surface area contributed by atoms with E-state index in [1.54, 1.807) is 42.5 Å². The molecule has 0 aliphatic heterocycles. The predicted octanol–water partition coefficient (Wildman–Crippen LogP) is 4.33. The second kappa shape index (κ2) is 9.20. The van der Waals surface area contributed by atoms with Gasteiger partial charge >= 0.3 is 0 Å². The van der Waals surface area contributed by atoms with Gasteiger partial charge in [0.1, 0.15) is 11.9 Å². The van der Waals surface area contributed by atoms with Gasteiger partial charge in [-0.25, -0.2) is 4.39 Å². The first-order valence-electron chi connectivity index (χ1n) is 9.21. The van der Waals surface area contributed by atoms with Crippen LogP contribution in [0.25, 0.3) is 0 Å².